The Labute approximate surface area is 127 Å². The number of aromatic carboxylic acids is 1. The topological polar surface area (TPSA) is 85.7 Å². The number of hydrogen-bond acceptors (Lipinski definition) is 5. The van der Waals surface area contributed by atoms with Gasteiger partial charge in [-0.1, -0.05) is 18.2 Å². The Morgan fingerprint density at radius 2 is 1.95 bits per heavy atom. The molecule has 1 N–H and O–H groups in total. The lowest BCUT2D eigenvalue weighted by atomic mass is 10.1. The van der Waals surface area contributed by atoms with Crippen LogP contribution in [0.2, 0.25) is 0 Å². The number of hydrogen-bond donors (Lipinski definition) is 1. The molecule has 1 aromatic heterocycles. The molecule has 2 aromatic rings. The zero-order chi connectivity index (χ0) is 15.9. The van der Waals surface area contributed by atoms with Gasteiger partial charge in [-0.2, -0.15) is 0 Å². The summed E-state index contributed by atoms with van der Waals surface area (Å²) in [6.45, 7) is 0. The van der Waals surface area contributed by atoms with Crippen LogP contribution in [0.1, 0.15) is 22.3 Å². The van der Waals surface area contributed by atoms with Crippen LogP contribution < -0.4 is 4.74 Å². The number of esters is 1. The van der Waals surface area contributed by atoms with Crippen LogP contribution in [-0.2, 0) is 16.0 Å². The minimum absolute atomic E-state index is 0.0600. The van der Waals surface area contributed by atoms with E-state index in [1.807, 2.05) is 6.07 Å². The van der Waals surface area contributed by atoms with Crippen molar-refractivity contribution in [3.8, 4) is 11.6 Å². The maximum atomic E-state index is 11.3. The predicted molar refractivity (Wildman–Crippen MR) is 78.0 cm³/mol. The second-order valence-electron chi connectivity index (χ2n) is 4.48. The Balaban J connectivity index is 2.19. The quantitative estimate of drug-likeness (QED) is 0.826. The van der Waals surface area contributed by atoms with E-state index in [1.165, 1.54) is 19.4 Å². The highest BCUT2D eigenvalue weighted by molar-refractivity contribution is 5.89. The van der Waals surface area contributed by atoms with Crippen LogP contribution in [0.25, 0.3) is 0 Å². The molecule has 0 unspecified atom stereocenters. The maximum Gasteiger partial charge on any atom is 0.336 e. The standard InChI is InChI=1S/C16H15NO5/c1-21-15(18)8-7-11-10-17-14(9-13(11)16(19)20)22-12-5-3-2-4-6-12/h2-6,9-10H,7-8H2,1H3,(H,19,20). The molecular formula is C16H15NO5. The highest BCUT2D eigenvalue weighted by atomic mass is 16.5. The van der Waals surface area contributed by atoms with E-state index >= 15 is 0 Å². The molecule has 22 heavy (non-hydrogen) atoms. The third-order valence-corrected chi connectivity index (χ3v) is 2.98. The average Bonchev–Trinajstić information content (AvgIpc) is 2.54. The molecule has 1 heterocycles. The van der Waals surface area contributed by atoms with Crippen molar-refractivity contribution in [3.63, 3.8) is 0 Å². The maximum absolute atomic E-state index is 11.3. The number of benzene rings is 1. The lowest BCUT2D eigenvalue weighted by Crippen LogP contribution is -2.08. The number of rotatable bonds is 6. The van der Waals surface area contributed by atoms with Gasteiger partial charge in [0.05, 0.1) is 12.7 Å². The summed E-state index contributed by atoms with van der Waals surface area (Å²) in [6.07, 6.45) is 1.74. The second kappa shape index (κ2) is 7.21. The lowest BCUT2D eigenvalue weighted by Gasteiger charge is -2.09. The molecule has 0 aliphatic carbocycles. The largest absolute Gasteiger partial charge is 0.478 e. The fourth-order valence-corrected chi connectivity index (χ4v) is 1.87. The van der Waals surface area contributed by atoms with Crippen LogP contribution in [0, 0.1) is 0 Å². The third kappa shape index (κ3) is 4.05. The number of carboxylic acids is 1. The van der Waals surface area contributed by atoms with E-state index in [1.54, 1.807) is 24.3 Å². The van der Waals surface area contributed by atoms with Crippen molar-refractivity contribution in [2.24, 2.45) is 0 Å². The minimum Gasteiger partial charge on any atom is -0.478 e. The number of aromatic nitrogens is 1. The van der Waals surface area contributed by atoms with Crippen LogP contribution in [0.15, 0.2) is 42.6 Å². The van der Waals surface area contributed by atoms with Crippen molar-refractivity contribution in [3.05, 3.63) is 53.7 Å². The van der Waals surface area contributed by atoms with Crippen LogP contribution in [0.5, 0.6) is 11.6 Å². The molecule has 0 bridgehead atoms. The highest BCUT2D eigenvalue weighted by Crippen LogP contribution is 2.22. The summed E-state index contributed by atoms with van der Waals surface area (Å²) in [5.41, 5.74) is 0.517. The van der Waals surface area contributed by atoms with Gasteiger partial charge >= 0.3 is 11.9 Å². The average molecular weight is 301 g/mol. The minimum atomic E-state index is -1.10. The van der Waals surface area contributed by atoms with Gasteiger partial charge in [0.2, 0.25) is 5.88 Å². The lowest BCUT2D eigenvalue weighted by molar-refractivity contribution is -0.140. The van der Waals surface area contributed by atoms with E-state index < -0.39 is 11.9 Å². The smallest absolute Gasteiger partial charge is 0.336 e. The van der Waals surface area contributed by atoms with Crippen molar-refractivity contribution in [1.29, 1.82) is 0 Å². The number of aryl methyl sites for hydroxylation is 1. The number of methoxy groups -OCH3 is 1. The van der Waals surface area contributed by atoms with Gasteiger partial charge in [0.1, 0.15) is 5.75 Å². The molecule has 0 aliphatic rings. The van der Waals surface area contributed by atoms with Gasteiger partial charge in [0, 0.05) is 18.7 Å². The molecule has 0 atom stereocenters. The Morgan fingerprint density at radius 1 is 1.23 bits per heavy atom. The van der Waals surface area contributed by atoms with Crippen LogP contribution in [0.3, 0.4) is 0 Å². The molecule has 6 heteroatoms. The Bertz CT molecular complexity index is 669. The van der Waals surface area contributed by atoms with Crippen molar-refractivity contribution >= 4 is 11.9 Å². The number of pyridine rings is 1. The van der Waals surface area contributed by atoms with Crippen molar-refractivity contribution in [1.82, 2.24) is 4.98 Å². The van der Waals surface area contributed by atoms with Crippen molar-refractivity contribution in [2.75, 3.05) is 7.11 Å². The summed E-state index contributed by atoms with van der Waals surface area (Å²) < 4.78 is 10.0. The highest BCUT2D eigenvalue weighted by Gasteiger charge is 2.14. The zero-order valence-electron chi connectivity index (χ0n) is 12.0. The Kier molecular flexibility index (Phi) is 5.08. The Morgan fingerprint density at radius 3 is 2.59 bits per heavy atom. The number of carboxylic acid groups (broad SMARTS) is 1. The van der Waals surface area contributed by atoms with Crippen LogP contribution in [0.4, 0.5) is 0 Å². The fourth-order valence-electron chi connectivity index (χ4n) is 1.87. The van der Waals surface area contributed by atoms with Gasteiger partial charge in [-0.05, 0) is 24.1 Å². The summed E-state index contributed by atoms with van der Waals surface area (Å²) in [5, 5.41) is 9.28. The molecule has 0 saturated heterocycles. The molecule has 0 amide bonds. The number of para-hydroxylation sites is 1. The number of nitrogens with zero attached hydrogens (tertiary/aromatic N) is 1. The first-order valence-corrected chi connectivity index (χ1v) is 6.62. The van der Waals surface area contributed by atoms with Gasteiger partial charge in [-0.25, -0.2) is 9.78 Å². The van der Waals surface area contributed by atoms with Crippen molar-refractivity contribution < 1.29 is 24.2 Å². The molecule has 0 fully saturated rings. The van der Waals surface area contributed by atoms with E-state index in [0.717, 1.165) is 0 Å². The van der Waals surface area contributed by atoms with E-state index in [-0.39, 0.29) is 24.3 Å². The molecule has 0 spiro atoms. The summed E-state index contributed by atoms with van der Waals surface area (Å²) in [5.74, 6) is -0.750. The third-order valence-electron chi connectivity index (χ3n) is 2.98. The Hall–Kier alpha value is -2.89. The van der Waals surface area contributed by atoms with Crippen LogP contribution >= 0.6 is 0 Å². The molecule has 114 valence electrons. The van der Waals surface area contributed by atoms with E-state index in [2.05, 4.69) is 9.72 Å². The molecule has 2 rings (SSSR count). The first-order valence-electron chi connectivity index (χ1n) is 6.62. The first-order chi connectivity index (χ1) is 10.6. The van der Waals surface area contributed by atoms with E-state index in [9.17, 15) is 14.7 Å². The van der Waals surface area contributed by atoms with Gasteiger partial charge in [0.25, 0.3) is 0 Å². The normalized spacial score (nSPS) is 10.0. The van der Waals surface area contributed by atoms with E-state index in [4.69, 9.17) is 4.74 Å². The summed E-state index contributed by atoms with van der Waals surface area (Å²) >= 11 is 0. The molecule has 6 nitrogen and oxygen atoms in total. The van der Waals surface area contributed by atoms with E-state index in [0.29, 0.717) is 11.3 Å². The molecule has 0 aliphatic heterocycles. The number of carbonyl (C=O) groups is 2. The molecule has 0 saturated carbocycles. The summed E-state index contributed by atoms with van der Waals surface area (Å²) in [4.78, 5) is 26.6. The zero-order valence-corrected chi connectivity index (χ0v) is 12.0. The number of carbonyl (C=O) groups excluding carboxylic acids is 1. The van der Waals surface area contributed by atoms with Gasteiger partial charge in [-0.3, -0.25) is 4.79 Å². The molecular weight excluding hydrogens is 286 g/mol. The molecule has 1 aromatic carbocycles. The second-order valence-corrected chi connectivity index (χ2v) is 4.48. The van der Waals surface area contributed by atoms with Gasteiger partial charge < -0.3 is 14.6 Å². The summed E-state index contributed by atoms with van der Waals surface area (Å²) in [7, 11) is 1.29. The van der Waals surface area contributed by atoms with Crippen molar-refractivity contribution in [2.45, 2.75) is 12.8 Å². The fraction of sp³-hybridized carbons (Fsp3) is 0.188. The number of ether oxygens (including phenoxy) is 2. The monoisotopic (exact) mass is 301 g/mol. The van der Waals surface area contributed by atoms with Gasteiger partial charge in [0.15, 0.2) is 0 Å². The SMILES string of the molecule is COC(=O)CCc1cnc(Oc2ccccc2)cc1C(=O)O. The summed E-state index contributed by atoms with van der Waals surface area (Å²) in [6, 6.07) is 10.3. The van der Waals surface area contributed by atoms with Gasteiger partial charge in [-0.15, -0.1) is 0 Å². The first kappa shape index (κ1) is 15.5. The van der Waals surface area contributed by atoms with Crippen LogP contribution in [-0.4, -0.2) is 29.1 Å². The molecule has 0 radical (unpaired) electrons. The predicted octanol–water partition coefficient (Wildman–Crippen LogP) is 2.68.